The van der Waals surface area contributed by atoms with Gasteiger partial charge >= 0.3 is 0 Å². The summed E-state index contributed by atoms with van der Waals surface area (Å²) in [4.78, 5) is 2.02. The van der Waals surface area contributed by atoms with E-state index >= 15 is 0 Å². The van der Waals surface area contributed by atoms with Gasteiger partial charge in [-0.2, -0.15) is 0 Å². The number of morpholine rings is 1. The van der Waals surface area contributed by atoms with Gasteiger partial charge in [-0.1, -0.05) is 6.58 Å². The molecule has 1 saturated heterocycles. The van der Waals surface area contributed by atoms with E-state index in [0.717, 1.165) is 26.3 Å². The van der Waals surface area contributed by atoms with Gasteiger partial charge in [0.25, 0.3) is 0 Å². The van der Waals surface area contributed by atoms with Crippen LogP contribution in [0.3, 0.4) is 0 Å². The van der Waals surface area contributed by atoms with Crippen LogP contribution in [0.15, 0.2) is 12.4 Å². The van der Waals surface area contributed by atoms with E-state index in [1.54, 1.807) is 0 Å². The van der Waals surface area contributed by atoms with E-state index in [1.165, 1.54) is 0 Å². The summed E-state index contributed by atoms with van der Waals surface area (Å²) < 4.78 is 5.11. The van der Waals surface area contributed by atoms with Crippen LogP contribution >= 0.6 is 0 Å². The van der Waals surface area contributed by atoms with Crippen molar-refractivity contribution in [1.29, 1.82) is 0 Å². The first-order chi connectivity index (χ1) is 4.30. The lowest BCUT2D eigenvalue weighted by Crippen LogP contribution is -2.37. The van der Waals surface area contributed by atoms with Gasteiger partial charge in [0.15, 0.2) is 0 Å². The van der Waals surface area contributed by atoms with Gasteiger partial charge in [0.05, 0.1) is 19.0 Å². The van der Waals surface area contributed by atoms with E-state index in [2.05, 4.69) is 6.58 Å². The molecular formula is C6H12N2O. The van der Waals surface area contributed by atoms with Crippen molar-refractivity contribution in [2.45, 2.75) is 0 Å². The molecule has 52 valence electrons. The Morgan fingerprint density at radius 2 is 2.00 bits per heavy atom. The molecule has 0 radical (unpaired) electrons. The Morgan fingerprint density at radius 3 is 2.33 bits per heavy atom. The third kappa shape index (κ3) is 1.61. The Kier molecular flexibility index (Phi) is 1.95. The zero-order valence-corrected chi connectivity index (χ0v) is 5.47. The maximum absolute atomic E-state index is 5.44. The minimum Gasteiger partial charge on any atom is -0.386 e. The Hall–Kier alpha value is -0.700. The molecule has 1 aliphatic rings. The van der Waals surface area contributed by atoms with E-state index in [-0.39, 0.29) is 0 Å². The van der Waals surface area contributed by atoms with E-state index < -0.39 is 0 Å². The lowest BCUT2D eigenvalue weighted by atomic mass is 10.4. The van der Waals surface area contributed by atoms with Gasteiger partial charge in [-0.15, -0.1) is 0 Å². The first kappa shape index (κ1) is 6.42. The van der Waals surface area contributed by atoms with Crippen molar-refractivity contribution >= 4 is 0 Å². The molecule has 1 aliphatic heterocycles. The fourth-order valence-corrected chi connectivity index (χ4v) is 0.851. The molecule has 0 spiro atoms. The number of rotatable bonds is 1. The van der Waals surface area contributed by atoms with Gasteiger partial charge in [-0.25, -0.2) is 0 Å². The molecule has 9 heavy (non-hydrogen) atoms. The average Bonchev–Trinajstić information content (AvgIpc) is 1.90. The molecule has 0 aromatic carbocycles. The SMILES string of the molecule is C=C(N)N1CCOCC1. The summed E-state index contributed by atoms with van der Waals surface area (Å²) >= 11 is 0. The lowest BCUT2D eigenvalue weighted by Gasteiger charge is -2.27. The van der Waals surface area contributed by atoms with Crippen LogP contribution in [-0.2, 0) is 4.74 Å². The highest BCUT2D eigenvalue weighted by molar-refractivity contribution is 4.87. The molecular weight excluding hydrogens is 116 g/mol. The van der Waals surface area contributed by atoms with Crippen molar-refractivity contribution in [2.75, 3.05) is 26.3 Å². The van der Waals surface area contributed by atoms with Crippen LogP contribution in [0.4, 0.5) is 0 Å². The summed E-state index contributed by atoms with van der Waals surface area (Å²) in [6.45, 7) is 6.94. The second kappa shape index (κ2) is 2.73. The zero-order chi connectivity index (χ0) is 6.69. The van der Waals surface area contributed by atoms with Crippen LogP contribution in [0, 0.1) is 0 Å². The van der Waals surface area contributed by atoms with E-state index in [1.807, 2.05) is 4.90 Å². The fourth-order valence-electron chi connectivity index (χ4n) is 0.851. The summed E-state index contributed by atoms with van der Waals surface area (Å²) in [5, 5.41) is 0. The van der Waals surface area contributed by atoms with Crippen molar-refractivity contribution in [2.24, 2.45) is 5.73 Å². The maximum Gasteiger partial charge on any atom is 0.0913 e. The van der Waals surface area contributed by atoms with Crippen LogP contribution < -0.4 is 5.73 Å². The molecule has 2 N–H and O–H groups in total. The van der Waals surface area contributed by atoms with E-state index in [9.17, 15) is 0 Å². The van der Waals surface area contributed by atoms with Gasteiger partial charge in [0, 0.05) is 13.1 Å². The number of hydrogen-bond donors (Lipinski definition) is 1. The van der Waals surface area contributed by atoms with Crippen molar-refractivity contribution in [3.8, 4) is 0 Å². The van der Waals surface area contributed by atoms with Crippen LogP contribution in [-0.4, -0.2) is 31.2 Å². The minimum atomic E-state index is 0.651. The predicted molar refractivity (Wildman–Crippen MR) is 35.7 cm³/mol. The van der Waals surface area contributed by atoms with Gasteiger partial charge in [-0.3, -0.25) is 0 Å². The first-order valence-electron chi connectivity index (χ1n) is 3.08. The molecule has 0 bridgehead atoms. The number of nitrogens with two attached hydrogens (primary N) is 1. The van der Waals surface area contributed by atoms with Crippen LogP contribution in [0.25, 0.3) is 0 Å². The quantitative estimate of drug-likeness (QED) is 0.529. The standard InChI is InChI=1S/C6H12N2O/c1-6(7)8-2-4-9-5-3-8/h1-5,7H2. The molecule has 0 aromatic rings. The molecule has 0 aliphatic carbocycles. The lowest BCUT2D eigenvalue weighted by molar-refractivity contribution is 0.0532. The van der Waals surface area contributed by atoms with Crippen molar-refractivity contribution in [1.82, 2.24) is 4.90 Å². The van der Waals surface area contributed by atoms with Gasteiger partial charge < -0.3 is 15.4 Å². The molecule has 0 saturated carbocycles. The van der Waals surface area contributed by atoms with Crippen molar-refractivity contribution in [3.63, 3.8) is 0 Å². The highest BCUT2D eigenvalue weighted by Gasteiger charge is 2.08. The Bertz CT molecular complexity index is 108. The minimum absolute atomic E-state index is 0.651. The molecule has 3 nitrogen and oxygen atoms in total. The maximum atomic E-state index is 5.44. The van der Waals surface area contributed by atoms with Crippen LogP contribution in [0.1, 0.15) is 0 Å². The molecule has 3 heteroatoms. The normalized spacial score (nSPS) is 19.8. The van der Waals surface area contributed by atoms with Crippen molar-refractivity contribution < 1.29 is 4.74 Å². The molecule has 0 unspecified atom stereocenters. The summed E-state index contributed by atoms with van der Waals surface area (Å²) in [7, 11) is 0. The second-order valence-electron chi connectivity index (χ2n) is 2.09. The van der Waals surface area contributed by atoms with E-state index in [0.29, 0.717) is 5.82 Å². The summed E-state index contributed by atoms with van der Waals surface area (Å²) in [5.74, 6) is 0.651. The second-order valence-corrected chi connectivity index (χ2v) is 2.09. The molecule has 1 rings (SSSR count). The van der Waals surface area contributed by atoms with Crippen molar-refractivity contribution in [3.05, 3.63) is 12.4 Å². The monoisotopic (exact) mass is 128 g/mol. The highest BCUT2D eigenvalue weighted by atomic mass is 16.5. The topological polar surface area (TPSA) is 38.5 Å². The van der Waals surface area contributed by atoms with Gasteiger partial charge in [0.2, 0.25) is 0 Å². The van der Waals surface area contributed by atoms with E-state index in [4.69, 9.17) is 10.5 Å². The Morgan fingerprint density at radius 1 is 1.44 bits per heavy atom. The third-order valence-corrected chi connectivity index (χ3v) is 1.42. The summed E-state index contributed by atoms with van der Waals surface area (Å²) in [6.07, 6.45) is 0. The largest absolute Gasteiger partial charge is 0.386 e. The molecule has 0 aromatic heterocycles. The molecule has 1 heterocycles. The fraction of sp³-hybridized carbons (Fsp3) is 0.667. The summed E-state index contributed by atoms with van der Waals surface area (Å²) in [5.41, 5.74) is 5.44. The number of ether oxygens (including phenoxy) is 1. The average molecular weight is 128 g/mol. The highest BCUT2D eigenvalue weighted by Crippen LogP contribution is 1.98. The molecule has 1 fully saturated rings. The Labute approximate surface area is 55.1 Å². The third-order valence-electron chi connectivity index (χ3n) is 1.42. The van der Waals surface area contributed by atoms with Gasteiger partial charge in [-0.05, 0) is 0 Å². The smallest absolute Gasteiger partial charge is 0.0913 e. The zero-order valence-electron chi connectivity index (χ0n) is 5.47. The molecule has 0 atom stereocenters. The van der Waals surface area contributed by atoms with Crippen LogP contribution in [0.2, 0.25) is 0 Å². The summed E-state index contributed by atoms with van der Waals surface area (Å²) in [6, 6.07) is 0. The van der Waals surface area contributed by atoms with Crippen LogP contribution in [0.5, 0.6) is 0 Å². The Balaban J connectivity index is 2.31. The molecule has 0 amide bonds. The first-order valence-corrected chi connectivity index (χ1v) is 3.08. The van der Waals surface area contributed by atoms with Gasteiger partial charge in [0.1, 0.15) is 0 Å². The number of nitrogens with zero attached hydrogens (tertiary/aromatic N) is 1. The predicted octanol–water partition coefficient (Wildman–Crippen LogP) is -0.252. The number of hydrogen-bond acceptors (Lipinski definition) is 3.